The molecule has 1 atom stereocenters. The van der Waals surface area contributed by atoms with Crippen LogP contribution in [0.4, 0.5) is 0 Å². The summed E-state index contributed by atoms with van der Waals surface area (Å²) < 4.78 is 5.13. The van der Waals surface area contributed by atoms with Gasteiger partial charge in [-0.1, -0.05) is 17.7 Å². The maximum atomic E-state index is 10.8. The van der Waals surface area contributed by atoms with Crippen LogP contribution in [0.1, 0.15) is 28.0 Å². The van der Waals surface area contributed by atoms with Crippen LogP contribution in [0.5, 0.6) is 0 Å². The zero-order valence-electron chi connectivity index (χ0n) is 10.7. The van der Waals surface area contributed by atoms with E-state index in [4.69, 9.17) is 21.1 Å². The van der Waals surface area contributed by atoms with E-state index in [1.54, 1.807) is 30.5 Å². The van der Waals surface area contributed by atoms with Gasteiger partial charge in [0.2, 0.25) is 5.76 Å². The third-order valence-electron chi connectivity index (χ3n) is 3.15. The molecular formula is C15H10ClNO4. The molecule has 0 aliphatic carbocycles. The van der Waals surface area contributed by atoms with Crippen LogP contribution in [0, 0.1) is 0 Å². The Hall–Kier alpha value is -2.37. The molecule has 6 heteroatoms. The minimum atomic E-state index is -1.19. The largest absolute Gasteiger partial charge is 0.475 e. The van der Waals surface area contributed by atoms with Gasteiger partial charge in [0, 0.05) is 22.2 Å². The Bertz CT molecular complexity index is 827. The van der Waals surface area contributed by atoms with E-state index >= 15 is 0 Å². The Kier molecular flexibility index (Phi) is 3.37. The molecule has 0 aliphatic rings. The normalized spacial score (nSPS) is 12.5. The summed E-state index contributed by atoms with van der Waals surface area (Å²) in [5.74, 6) is -1.27. The van der Waals surface area contributed by atoms with Crippen molar-refractivity contribution in [3.05, 3.63) is 64.7 Å². The van der Waals surface area contributed by atoms with Gasteiger partial charge in [-0.3, -0.25) is 4.98 Å². The molecule has 106 valence electrons. The van der Waals surface area contributed by atoms with Crippen molar-refractivity contribution in [3.63, 3.8) is 0 Å². The smallest absolute Gasteiger partial charge is 0.371 e. The van der Waals surface area contributed by atoms with Crippen molar-refractivity contribution in [1.82, 2.24) is 4.98 Å². The zero-order valence-corrected chi connectivity index (χ0v) is 11.4. The predicted octanol–water partition coefficient (Wildman–Crippen LogP) is 3.26. The summed E-state index contributed by atoms with van der Waals surface area (Å²) in [5, 5.41) is 20.5. The number of furan rings is 1. The number of carbonyl (C=O) groups is 1. The number of aromatic carboxylic acids is 1. The molecule has 2 aromatic heterocycles. The second-order valence-corrected chi connectivity index (χ2v) is 4.85. The molecule has 0 amide bonds. The Morgan fingerprint density at radius 1 is 1.24 bits per heavy atom. The van der Waals surface area contributed by atoms with E-state index in [0.717, 1.165) is 0 Å². The fourth-order valence-corrected chi connectivity index (χ4v) is 2.36. The van der Waals surface area contributed by atoms with Gasteiger partial charge in [0.15, 0.2) is 0 Å². The van der Waals surface area contributed by atoms with Crippen molar-refractivity contribution >= 4 is 28.5 Å². The first kappa shape index (κ1) is 13.6. The van der Waals surface area contributed by atoms with Gasteiger partial charge in [-0.05, 0) is 30.3 Å². The Labute approximate surface area is 124 Å². The maximum absolute atomic E-state index is 10.8. The minimum Gasteiger partial charge on any atom is -0.475 e. The number of fused-ring (bicyclic) bond motifs is 1. The van der Waals surface area contributed by atoms with Crippen LogP contribution < -0.4 is 0 Å². The number of hydrogen-bond acceptors (Lipinski definition) is 4. The molecular weight excluding hydrogens is 294 g/mol. The van der Waals surface area contributed by atoms with Gasteiger partial charge in [0.1, 0.15) is 11.9 Å². The first-order chi connectivity index (χ1) is 10.1. The lowest BCUT2D eigenvalue weighted by molar-refractivity contribution is 0.0655. The number of aromatic nitrogens is 1. The van der Waals surface area contributed by atoms with Crippen LogP contribution in [0.25, 0.3) is 10.9 Å². The van der Waals surface area contributed by atoms with Crippen LogP contribution in [0.3, 0.4) is 0 Å². The number of pyridine rings is 1. The molecule has 0 spiro atoms. The first-order valence-electron chi connectivity index (χ1n) is 6.12. The molecule has 0 fully saturated rings. The number of carboxylic acids is 1. The average Bonchev–Trinajstić information content (AvgIpc) is 2.97. The summed E-state index contributed by atoms with van der Waals surface area (Å²) in [7, 11) is 0. The number of hydrogen-bond donors (Lipinski definition) is 2. The van der Waals surface area contributed by atoms with Crippen LogP contribution in [0.15, 0.2) is 47.0 Å². The Morgan fingerprint density at radius 3 is 2.76 bits per heavy atom. The van der Waals surface area contributed by atoms with Crippen LogP contribution >= 0.6 is 11.6 Å². The molecule has 0 saturated heterocycles. The predicted molar refractivity (Wildman–Crippen MR) is 76.5 cm³/mol. The molecule has 0 bridgehead atoms. The van der Waals surface area contributed by atoms with E-state index in [2.05, 4.69) is 4.98 Å². The summed E-state index contributed by atoms with van der Waals surface area (Å²) >= 11 is 6.10. The summed E-state index contributed by atoms with van der Waals surface area (Å²) in [5.41, 5.74) is 1.05. The summed E-state index contributed by atoms with van der Waals surface area (Å²) in [6, 6.07) is 9.58. The van der Waals surface area contributed by atoms with Crippen molar-refractivity contribution in [2.45, 2.75) is 6.10 Å². The van der Waals surface area contributed by atoms with E-state index in [1.807, 2.05) is 0 Å². The monoisotopic (exact) mass is 303 g/mol. The lowest BCUT2D eigenvalue weighted by Gasteiger charge is -2.11. The number of rotatable bonds is 3. The fourth-order valence-electron chi connectivity index (χ4n) is 2.15. The lowest BCUT2D eigenvalue weighted by atomic mass is 10.0. The minimum absolute atomic E-state index is 0.140. The lowest BCUT2D eigenvalue weighted by Crippen LogP contribution is -2.01. The molecule has 2 heterocycles. The third-order valence-corrected chi connectivity index (χ3v) is 3.48. The number of carboxylic acid groups (broad SMARTS) is 1. The van der Waals surface area contributed by atoms with Crippen molar-refractivity contribution in [1.29, 1.82) is 0 Å². The standard InChI is InChI=1S/C15H10ClNO4/c16-10-4-3-9(13-8(10)2-1-7-17-13)14(18)11-5-6-12(21-11)15(19)20/h1-7,14,18H,(H,19,20). The third kappa shape index (κ3) is 2.37. The van der Waals surface area contributed by atoms with Gasteiger partial charge in [-0.15, -0.1) is 0 Å². The number of halogens is 1. The second-order valence-electron chi connectivity index (χ2n) is 4.45. The second kappa shape index (κ2) is 5.20. The van der Waals surface area contributed by atoms with Crippen molar-refractivity contribution in [2.75, 3.05) is 0 Å². The number of nitrogens with zero attached hydrogens (tertiary/aromatic N) is 1. The van der Waals surface area contributed by atoms with E-state index in [0.29, 0.717) is 21.5 Å². The van der Waals surface area contributed by atoms with Crippen molar-refractivity contribution in [3.8, 4) is 0 Å². The van der Waals surface area contributed by atoms with Crippen LogP contribution in [-0.2, 0) is 0 Å². The first-order valence-corrected chi connectivity index (χ1v) is 6.50. The van der Waals surface area contributed by atoms with E-state index in [1.165, 1.54) is 12.1 Å². The van der Waals surface area contributed by atoms with Gasteiger partial charge in [0.05, 0.1) is 5.52 Å². The van der Waals surface area contributed by atoms with E-state index < -0.39 is 12.1 Å². The summed E-state index contributed by atoms with van der Waals surface area (Å²) in [6.45, 7) is 0. The fraction of sp³-hybridized carbons (Fsp3) is 0.0667. The Balaban J connectivity index is 2.11. The summed E-state index contributed by atoms with van der Waals surface area (Å²) in [4.78, 5) is 15.1. The quantitative estimate of drug-likeness (QED) is 0.776. The van der Waals surface area contributed by atoms with Crippen LogP contribution in [0.2, 0.25) is 5.02 Å². The molecule has 1 unspecified atom stereocenters. The van der Waals surface area contributed by atoms with Gasteiger partial charge in [0.25, 0.3) is 0 Å². The Morgan fingerprint density at radius 2 is 2.05 bits per heavy atom. The van der Waals surface area contributed by atoms with E-state index in [-0.39, 0.29) is 11.5 Å². The molecule has 21 heavy (non-hydrogen) atoms. The highest BCUT2D eigenvalue weighted by Crippen LogP contribution is 2.32. The molecule has 1 aromatic carbocycles. The molecule has 2 N–H and O–H groups in total. The SMILES string of the molecule is O=C(O)c1ccc(C(O)c2ccc(Cl)c3cccnc23)o1. The van der Waals surface area contributed by atoms with Crippen molar-refractivity contribution < 1.29 is 19.4 Å². The van der Waals surface area contributed by atoms with Gasteiger partial charge in [-0.2, -0.15) is 0 Å². The zero-order chi connectivity index (χ0) is 15.0. The van der Waals surface area contributed by atoms with Gasteiger partial charge >= 0.3 is 5.97 Å². The van der Waals surface area contributed by atoms with E-state index in [9.17, 15) is 9.90 Å². The molecule has 0 saturated carbocycles. The summed E-state index contributed by atoms with van der Waals surface area (Å²) in [6.07, 6.45) is 0.479. The van der Waals surface area contributed by atoms with Crippen LogP contribution in [-0.4, -0.2) is 21.2 Å². The maximum Gasteiger partial charge on any atom is 0.371 e. The number of benzene rings is 1. The topological polar surface area (TPSA) is 83.6 Å². The average molecular weight is 304 g/mol. The molecule has 5 nitrogen and oxygen atoms in total. The molecule has 0 aliphatic heterocycles. The van der Waals surface area contributed by atoms with Gasteiger partial charge < -0.3 is 14.6 Å². The highest BCUT2D eigenvalue weighted by Gasteiger charge is 2.20. The number of aliphatic hydroxyl groups excluding tert-OH is 1. The molecule has 3 rings (SSSR count). The number of aliphatic hydroxyl groups is 1. The highest BCUT2D eigenvalue weighted by molar-refractivity contribution is 6.35. The van der Waals surface area contributed by atoms with Crippen molar-refractivity contribution in [2.24, 2.45) is 0 Å². The highest BCUT2D eigenvalue weighted by atomic mass is 35.5. The van der Waals surface area contributed by atoms with Gasteiger partial charge in [-0.25, -0.2) is 4.79 Å². The molecule has 0 radical (unpaired) electrons. The molecule has 3 aromatic rings.